The van der Waals surface area contributed by atoms with Crippen LogP contribution in [0.15, 0.2) is 48.5 Å². The SMILES string of the molecule is O=C(NC12CCC(C(=O)O)(C1)C2)OCC1c2ccccc2-c2ccccc21. The second kappa shape index (κ2) is 5.59. The van der Waals surface area contributed by atoms with Gasteiger partial charge in [-0.25, -0.2) is 4.79 Å². The zero-order valence-electron chi connectivity index (χ0n) is 14.9. The highest BCUT2D eigenvalue weighted by molar-refractivity contribution is 5.80. The number of aliphatic carboxylic acids is 1. The largest absolute Gasteiger partial charge is 0.481 e. The van der Waals surface area contributed by atoms with Crippen molar-refractivity contribution in [3.05, 3.63) is 59.7 Å². The van der Waals surface area contributed by atoms with E-state index in [1.807, 2.05) is 24.3 Å². The summed E-state index contributed by atoms with van der Waals surface area (Å²) in [5, 5.41) is 12.3. The molecule has 2 N–H and O–H groups in total. The molecule has 5 heteroatoms. The van der Waals surface area contributed by atoms with Gasteiger partial charge in [0, 0.05) is 11.5 Å². The van der Waals surface area contributed by atoms with Crippen LogP contribution < -0.4 is 5.32 Å². The second-order valence-corrected chi connectivity index (χ2v) is 8.17. The van der Waals surface area contributed by atoms with Gasteiger partial charge in [0.15, 0.2) is 0 Å². The van der Waals surface area contributed by atoms with Gasteiger partial charge < -0.3 is 15.2 Å². The van der Waals surface area contributed by atoms with Gasteiger partial charge >= 0.3 is 12.1 Å². The third-order valence-electron chi connectivity index (χ3n) is 6.60. The number of rotatable bonds is 4. The molecule has 3 fully saturated rings. The Balaban J connectivity index is 1.27. The van der Waals surface area contributed by atoms with Gasteiger partial charge in [-0.1, -0.05) is 48.5 Å². The molecule has 2 aromatic rings. The number of ether oxygens (including phenoxy) is 1. The van der Waals surface area contributed by atoms with Crippen molar-refractivity contribution < 1.29 is 19.4 Å². The number of hydrogen-bond donors (Lipinski definition) is 2. The number of fused-ring (bicyclic) bond motifs is 4. The quantitative estimate of drug-likeness (QED) is 0.863. The number of carboxylic acids is 1. The van der Waals surface area contributed by atoms with Crippen LogP contribution in [0, 0.1) is 5.41 Å². The lowest BCUT2D eigenvalue weighted by Gasteiger charge is -2.44. The van der Waals surface area contributed by atoms with Gasteiger partial charge in [-0.15, -0.1) is 0 Å². The summed E-state index contributed by atoms with van der Waals surface area (Å²) in [6.45, 7) is 0.278. The molecule has 27 heavy (non-hydrogen) atoms. The van der Waals surface area contributed by atoms with E-state index in [9.17, 15) is 14.7 Å². The Bertz CT molecular complexity index is 899. The summed E-state index contributed by atoms with van der Waals surface area (Å²) in [4.78, 5) is 23.8. The molecule has 2 bridgehead atoms. The molecule has 138 valence electrons. The van der Waals surface area contributed by atoms with Crippen LogP contribution in [0.25, 0.3) is 11.1 Å². The maximum Gasteiger partial charge on any atom is 0.407 e. The Morgan fingerprint density at radius 1 is 1.00 bits per heavy atom. The van der Waals surface area contributed by atoms with E-state index in [-0.39, 0.29) is 18.1 Å². The molecule has 0 radical (unpaired) electrons. The van der Waals surface area contributed by atoms with Gasteiger partial charge in [0.05, 0.1) is 5.41 Å². The Hall–Kier alpha value is -2.82. The fraction of sp³-hybridized carbons (Fsp3) is 0.364. The molecular formula is C22H21NO4. The van der Waals surface area contributed by atoms with Gasteiger partial charge in [-0.05, 0) is 47.9 Å². The Morgan fingerprint density at radius 3 is 2.15 bits per heavy atom. The maximum atomic E-state index is 12.4. The van der Waals surface area contributed by atoms with Crippen LogP contribution in [0.1, 0.15) is 42.7 Å². The fourth-order valence-electron chi connectivity index (χ4n) is 5.34. The summed E-state index contributed by atoms with van der Waals surface area (Å²) in [5.41, 5.74) is 3.74. The van der Waals surface area contributed by atoms with E-state index in [0.29, 0.717) is 25.7 Å². The highest BCUT2D eigenvalue weighted by atomic mass is 16.5. The molecule has 0 heterocycles. The molecule has 0 spiro atoms. The van der Waals surface area contributed by atoms with Gasteiger partial charge in [0.25, 0.3) is 0 Å². The molecule has 6 rings (SSSR count). The molecule has 0 aliphatic heterocycles. The van der Waals surface area contributed by atoms with Crippen LogP contribution >= 0.6 is 0 Å². The first kappa shape index (κ1) is 16.4. The molecule has 2 aromatic carbocycles. The molecule has 0 saturated heterocycles. The van der Waals surface area contributed by atoms with Crippen LogP contribution in [0.3, 0.4) is 0 Å². The van der Waals surface area contributed by atoms with Gasteiger partial charge in [0.2, 0.25) is 0 Å². The topological polar surface area (TPSA) is 75.6 Å². The number of hydrogen-bond acceptors (Lipinski definition) is 3. The summed E-state index contributed by atoms with van der Waals surface area (Å²) in [6.07, 6.45) is 1.92. The summed E-state index contributed by atoms with van der Waals surface area (Å²) in [5.74, 6) is -0.714. The average molecular weight is 363 g/mol. The highest BCUT2D eigenvalue weighted by Crippen LogP contribution is 2.61. The van der Waals surface area contributed by atoms with Crippen molar-refractivity contribution in [3.8, 4) is 11.1 Å². The number of carbonyl (C=O) groups is 2. The molecule has 3 saturated carbocycles. The van der Waals surface area contributed by atoms with Crippen molar-refractivity contribution in [2.75, 3.05) is 6.61 Å². The number of carbonyl (C=O) groups excluding carboxylic acids is 1. The van der Waals surface area contributed by atoms with Crippen LogP contribution in [0.5, 0.6) is 0 Å². The number of benzene rings is 2. The van der Waals surface area contributed by atoms with E-state index in [4.69, 9.17) is 4.74 Å². The van der Waals surface area contributed by atoms with Crippen molar-refractivity contribution in [2.45, 2.75) is 37.1 Å². The van der Waals surface area contributed by atoms with Gasteiger partial charge in [-0.3, -0.25) is 4.79 Å². The average Bonchev–Trinajstić information content (AvgIpc) is 3.28. The van der Waals surface area contributed by atoms with Crippen molar-refractivity contribution in [1.82, 2.24) is 5.32 Å². The van der Waals surface area contributed by atoms with Crippen LogP contribution in [0.4, 0.5) is 4.79 Å². The van der Waals surface area contributed by atoms with Gasteiger partial charge in [-0.2, -0.15) is 0 Å². The standard InChI is InChI=1S/C22H21NO4/c24-19(25)21-9-10-22(12-21,13-21)23-20(26)27-11-18-16-7-3-1-5-14(16)15-6-2-4-8-17(15)18/h1-8,18H,9-13H2,(H,23,26)(H,24,25). The third kappa shape index (κ3) is 2.37. The van der Waals surface area contributed by atoms with Crippen molar-refractivity contribution in [1.29, 1.82) is 0 Å². The summed E-state index contributed by atoms with van der Waals surface area (Å²) in [7, 11) is 0. The maximum absolute atomic E-state index is 12.4. The minimum absolute atomic E-state index is 0.0312. The summed E-state index contributed by atoms with van der Waals surface area (Å²) >= 11 is 0. The molecule has 0 aromatic heterocycles. The molecule has 5 nitrogen and oxygen atoms in total. The minimum Gasteiger partial charge on any atom is -0.481 e. The normalized spacial score (nSPS) is 27.4. The first-order chi connectivity index (χ1) is 13.0. The lowest BCUT2D eigenvalue weighted by atomic mass is 9.65. The van der Waals surface area contributed by atoms with Crippen LogP contribution in [-0.4, -0.2) is 29.3 Å². The zero-order chi connectivity index (χ0) is 18.6. The lowest BCUT2D eigenvalue weighted by Crippen LogP contribution is -2.58. The number of alkyl carbamates (subject to hydrolysis) is 1. The predicted octanol–water partition coefficient (Wildman–Crippen LogP) is 3.92. The van der Waals surface area contributed by atoms with Crippen molar-refractivity contribution in [2.24, 2.45) is 5.41 Å². The minimum atomic E-state index is -0.745. The summed E-state index contributed by atoms with van der Waals surface area (Å²) in [6, 6.07) is 16.4. The van der Waals surface area contributed by atoms with E-state index in [1.54, 1.807) is 0 Å². The lowest BCUT2D eigenvalue weighted by molar-refractivity contribution is -0.154. The molecule has 4 aliphatic rings. The van der Waals surface area contributed by atoms with Crippen LogP contribution in [0.2, 0.25) is 0 Å². The summed E-state index contributed by atoms with van der Waals surface area (Å²) < 4.78 is 5.59. The Labute approximate surface area is 157 Å². The van der Waals surface area contributed by atoms with E-state index < -0.39 is 17.5 Å². The monoisotopic (exact) mass is 363 g/mol. The Morgan fingerprint density at radius 2 is 1.59 bits per heavy atom. The molecule has 0 atom stereocenters. The van der Waals surface area contributed by atoms with E-state index in [1.165, 1.54) is 22.3 Å². The van der Waals surface area contributed by atoms with E-state index in [0.717, 1.165) is 0 Å². The molecular weight excluding hydrogens is 342 g/mol. The number of nitrogens with one attached hydrogen (secondary N) is 1. The Kier molecular flexibility index (Phi) is 3.39. The third-order valence-corrected chi connectivity index (χ3v) is 6.60. The van der Waals surface area contributed by atoms with Crippen molar-refractivity contribution in [3.63, 3.8) is 0 Å². The second-order valence-electron chi connectivity index (χ2n) is 8.17. The van der Waals surface area contributed by atoms with E-state index in [2.05, 4.69) is 29.6 Å². The number of amides is 1. The molecule has 1 amide bonds. The van der Waals surface area contributed by atoms with E-state index >= 15 is 0 Å². The first-order valence-electron chi connectivity index (χ1n) is 9.39. The molecule has 4 aliphatic carbocycles. The smallest absolute Gasteiger partial charge is 0.407 e. The van der Waals surface area contributed by atoms with Crippen LogP contribution in [-0.2, 0) is 9.53 Å². The number of carboxylic acid groups (broad SMARTS) is 1. The van der Waals surface area contributed by atoms with Crippen molar-refractivity contribution >= 4 is 12.1 Å². The molecule has 0 unspecified atom stereocenters. The first-order valence-corrected chi connectivity index (χ1v) is 9.39. The highest BCUT2D eigenvalue weighted by Gasteiger charge is 2.65. The zero-order valence-corrected chi connectivity index (χ0v) is 14.9. The fourth-order valence-corrected chi connectivity index (χ4v) is 5.34. The predicted molar refractivity (Wildman–Crippen MR) is 99.5 cm³/mol. The van der Waals surface area contributed by atoms with Gasteiger partial charge in [0.1, 0.15) is 6.61 Å².